The van der Waals surface area contributed by atoms with Crippen molar-refractivity contribution in [3.63, 3.8) is 0 Å². The Hall–Kier alpha value is -8.35. The molecule has 2 heterocycles. The molecule has 0 radical (unpaired) electrons. The number of anilines is 3. The second-order valence-corrected chi connectivity index (χ2v) is 27.8. The molecule has 72 heavy (non-hydrogen) atoms. The van der Waals surface area contributed by atoms with E-state index < -0.39 is 21.6 Å². The first-order valence-corrected chi connectivity index (χ1v) is 29.8. The van der Waals surface area contributed by atoms with E-state index in [0.29, 0.717) is 0 Å². The summed E-state index contributed by atoms with van der Waals surface area (Å²) in [6, 6.07) is 104. The molecule has 1 nitrogen and oxygen atoms in total. The van der Waals surface area contributed by atoms with Crippen LogP contribution in [0.15, 0.2) is 273 Å². The largest absolute Gasteiger partial charge is 0.310 e. The van der Waals surface area contributed by atoms with E-state index in [0.717, 1.165) is 17.1 Å². The molecular weight excluding hydrogens is 899 g/mol. The fraction of sp³-hybridized carbons (Fsp3) is 0.0435. The third-order valence-corrected chi connectivity index (χ3v) is 25.9. The van der Waals surface area contributed by atoms with Crippen molar-refractivity contribution in [2.75, 3.05) is 4.90 Å². The summed E-state index contributed by atoms with van der Waals surface area (Å²) in [5, 5.41) is 10.0. The number of nitrogens with zero attached hydrogens (tertiary/aromatic N) is 1. The highest BCUT2D eigenvalue weighted by atomic mass is 28.3. The SMILES string of the molecule is Cc1cc(N(c2cccc([Si]3(C)c4ccccc4-c4ccccc43)c2)c2ccc3c(c2)C(c2ccccc2)(c2ccccc2)c2ccccc2-3)cc([Si]2(c3ccccc3)c3ccccc3-c3ccccc32)c1. The van der Waals surface area contributed by atoms with E-state index in [2.05, 4.69) is 291 Å². The van der Waals surface area contributed by atoms with Crippen LogP contribution in [0.25, 0.3) is 33.4 Å². The van der Waals surface area contributed by atoms with Gasteiger partial charge in [-0.3, -0.25) is 0 Å². The zero-order chi connectivity index (χ0) is 48.0. The monoisotopic (exact) mass is 949 g/mol. The fourth-order valence-electron chi connectivity index (χ4n) is 13.6. The summed E-state index contributed by atoms with van der Waals surface area (Å²) in [4.78, 5) is 2.59. The summed E-state index contributed by atoms with van der Waals surface area (Å²) in [5.74, 6) is 0. The Morgan fingerprint density at radius 3 is 1.35 bits per heavy atom. The van der Waals surface area contributed by atoms with E-state index in [1.54, 1.807) is 0 Å². The molecule has 3 heteroatoms. The molecule has 2 aliphatic heterocycles. The number of aryl methyl sites for hydroxylation is 1. The lowest BCUT2D eigenvalue weighted by atomic mass is 9.67. The maximum Gasteiger partial charge on any atom is 0.180 e. The topological polar surface area (TPSA) is 3.24 Å². The maximum atomic E-state index is 2.59. The van der Waals surface area contributed by atoms with Gasteiger partial charge < -0.3 is 4.90 Å². The van der Waals surface area contributed by atoms with Gasteiger partial charge in [0.2, 0.25) is 0 Å². The van der Waals surface area contributed by atoms with Crippen LogP contribution in [0.3, 0.4) is 0 Å². The van der Waals surface area contributed by atoms with Gasteiger partial charge in [0.15, 0.2) is 8.07 Å². The van der Waals surface area contributed by atoms with Crippen LogP contribution in [0.4, 0.5) is 17.1 Å². The smallest absolute Gasteiger partial charge is 0.180 e. The van der Waals surface area contributed by atoms with Crippen LogP contribution in [0.5, 0.6) is 0 Å². The number of hydrogen-bond acceptors (Lipinski definition) is 1. The molecule has 11 aromatic carbocycles. The normalized spacial score (nSPS) is 14.6. The van der Waals surface area contributed by atoms with Crippen molar-refractivity contribution in [2.45, 2.75) is 18.9 Å². The Bertz CT molecular complexity index is 3790. The first-order valence-electron chi connectivity index (χ1n) is 25.3. The molecule has 11 aromatic rings. The highest BCUT2D eigenvalue weighted by Crippen LogP contribution is 2.57. The number of rotatable bonds is 8. The molecule has 0 amide bonds. The third kappa shape index (κ3) is 5.93. The summed E-state index contributed by atoms with van der Waals surface area (Å²) in [6.07, 6.45) is 0. The maximum absolute atomic E-state index is 2.85. The second-order valence-electron chi connectivity index (χ2n) is 20.1. The predicted octanol–water partition coefficient (Wildman–Crippen LogP) is 12.3. The molecule has 1 aliphatic carbocycles. The van der Waals surface area contributed by atoms with Crippen LogP contribution < -0.4 is 41.2 Å². The van der Waals surface area contributed by atoms with E-state index >= 15 is 0 Å². The van der Waals surface area contributed by atoms with Crippen LogP contribution in [0.2, 0.25) is 6.55 Å². The predicted molar refractivity (Wildman–Crippen MR) is 308 cm³/mol. The Morgan fingerprint density at radius 1 is 0.306 bits per heavy atom. The molecule has 0 spiro atoms. The third-order valence-electron chi connectivity index (χ3n) is 16.5. The molecular formula is C69H51NSi2. The molecule has 3 aliphatic rings. The lowest BCUT2D eigenvalue weighted by molar-refractivity contribution is 0.768. The van der Waals surface area contributed by atoms with Crippen molar-refractivity contribution in [3.8, 4) is 33.4 Å². The minimum absolute atomic E-state index is 0.547. The molecule has 0 fully saturated rings. The van der Waals surface area contributed by atoms with Crippen LogP contribution in [0.1, 0.15) is 27.8 Å². The summed E-state index contributed by atoms with van der Waals surface area (Å²) in [6.45, 7) is 4.87. The molecule has 0 bridgehead atoms. The van der Waals surface area contributed by atoms with Crippen LogP contribution in [0, 0.1) is 6.92 Å². The molecule has 14 rings (SSSR count). The number of benzene rings is 11. The van der Waals surface area contributed by atoms with E-state index in [4.69, 9.17) is 0 Å². The lowest BCUT2D eigenvalue weighted by Gasteiger charge is -2.36. The molecule has 0 atom stereocenters. The Kier molecular flexibility index (Phi) is 9.66. The summed E-state index contributed by atoms with van der Waals surface area (Å²) in [5.41, 5.74) is 17.3. The van der Waals surface area contributed by atoms with Crippen molar-refractivity contribution < 1.29 is 0 Å². The first kappa shape index (κ1) is 42.5. The molecule has 0 unspecified atom stereocenters. The van der Waals surface area contributed by atoms with Gasteiger partial charge in [-0.1, -0.05) is 243 Å². The van der Waals surface area contributed by atoms with Gasteiger partial charge in [0.25, 0.3) is 0 Å². The number of hydrogen-bond donors (Lipinski definition) is 0. The molecule has 0 N–H and O–H groups in total. The first-order chi connectivity index (χ1) is 35.5. The van der Waals surface area contributed by atoms with E-state index in [1.807, 2.05) is 0 Å². The van der Waals surface area contributed by atoms with Gasteiger partial charge in [0.1, 0.15) is 8.07 Å². The van der Waals surface area contributed by atoms with Gasteiger partial charge in [-0.05, 0) is 141 Å². The van der Waals surface area contributed by atoms with Gasteiger partial charge in [-0.2, -0.15) is 0 Å². The van der Waals surface area contributed by atoms with E-state index in [1.165, 1.54) is 97.5 Å². The highest BCUT2D eigenvalue weighted by Gasteiger charge is 2.50. The van der Waals surface area contributed by atoms with Gasteiger partial charge in [-0.25, -0.2) is 0 Å². The average Bonchev–Trinajstić information content (AvgIpc) is 4.02. The average molecular weight is 950 g/mol. The van der Waals surface area contributed by atoms with Crippen molar-refractivity contribution in [2.24, 2.45) is 0 Å². The van der Waals surface area contributed by atoms with Crippen molar-refractivity contribution in [1.29, 1.82) is 0 Å². The lowest BCUT2D eigenvalue weighted by Crippen LogP contribution is -2.72. The Morgan fingerprint density at radius 2 is 0.750 bits per heavy atom. The van der Waals surface area contributed by atoms with Crippen LogP contribution in [-0.2, 0) is 5.41 Å². The minimum atomic E-state index is -2.85. The summed E-state index contributed by atoms with van der Waals surface area (Å²) < 4.78 is 0. The van der Waals surface area contributed by atoms with Gasteiger partial charge >= 0.3 is 0 Å². The van der Waals surface area contributed by atoms with Crippen molar-refractivity contribution in [3.05, 3.63) is 301 Å². The fourth-order valence-corrected chi connectivity index (χ4v) is 23.0. The minimum Gasteiger partial charge on any atom is -0.310 e. The molecule has 0 saturated heterocycles. The van der Waals surface area contributed by atoms with Gasteiger partial charge in [0.05, 0.1) is 5.41 Å². The highest BCUT2D eigenvalue weighted by molar-refractivity contribution is 7.22. The molecule has 0 saturated carbocycles. The second kappa shape index (κ2) is 16.4. The van der Waals surface area contributed by atoms with E-state index in [9.17, 15) is 0 Å². The standard InChI is InChI=1S/C69H51NSi2/c1-48-43-53(46-56(44-48)72(54-28-10-5-11-29-54)67-39-20-15-34-61(67)62-35-16-21-40-68(62)72)70(51-27-22-30-55(45-51)71(2)65-37-18-13-32-59(65)60-33-14-19-38-66(60)71)52-41-42-58-57-31-12-17-36-63(57)69(64(58)47-52,49-23-6-3-7-24-49)50-25-8-4-9-26-50/h3-47H,1-2H3. The van der Waals surface area contributed by atoms with Crippen LogP contribution in [-0.4, -0.2) is 16.1 Å². The zero-order valence-electron chi connectivity index (χ0n) is 40.4. The zero-order valence-corrected chi connectivity index (χ0v) is 42.4. The van der Waals surface area contributed by atoms with Crippen molar-refractivity contribution >= 4 is 69.5 Å². The van der Waals surface area contributed by atoms with E-state index in [-0.39, 0.29) is 0 Å². The molecule has 0 aromatic heterocycles. The summed E-state index contributed by atoms with van der Waals surface area (Å²) >= 11 is 0. The Balaban J connectivity index is 1.06. The number of fused-ring (bicyclic) bond motifs is 9. The Labute approximate surface area is 425 Å². The molecule has 340 valence electrons. The van der Waals surface area contributed by atoms with Crippen molar-refractivity contribution in [1.82, 2.24) is 0 Å². The van der Waals surface area contributed by atoms with Crippen LogP contribution >= 0.6 is 0 Å². The quantitative estimate of drug-likeness (QED) is 0.137. The van der Waals surface area contributed by atoms with Gasteiger partial charge in [-0.15, -0.1) is 0 Å². The summed E-state index contributed by atoms with van der Waals surface area (Å²) in [7, 11) is -5.30. The van der Waals surface area contributed by atoms with Gasteiger partial charge in [0, 0.05) is 17.1 Å².